The zero-order valence-corrected chi connectivity index (χ0v) is 7.67. The van der Waals surface area contributed by atoms with Crippen molar-refractivity contribution in [2.45, 2.75) is 19.6 Å². The number of aliphatic hydroxyl groups is 1. The maximum atomic E-state index is 11.9. The van der Waals surface area contributed by atoms with Gasteiger partial charge < -0.3 is 14.6 Å². The number of rotatable bonds is 6. The minimum Gasteiger partial charge on any atom is -0.382 e. The van der Waals surface area contributed by atoms with E-state index in [9.17, 15) is 8.78 Å². The molecule has 0 heterocycles. The summed E-state index contributed by atoms with van der Waals surface area (Å²) >= 11 is 0. The molecule has 0 aromatic heterocycles. The average molecular weight is 196 g/mol. The van der Waals surface area contributed by atoms with E-state index in [1.807, 2.05) is 0 Å². The number of alkyl halides is 2. The minimum atomic E-state index is -2.55. The predicted octanol–water partition coefficient (Wildman–Crippen LogP) is 1.18. The first kappa shape index (κ1) is 12.5. The van der Waals surface area contributed by atoms with Gasteiger partial charge in [0.05, 0.1) is 13.2 Å². The predicted molar refractivity (Wildman–Crippen MR) is 43.6 cm³/mol. The zero-order chi connectivity index (χ0) is 10.3. The van der Waals surface area contributed by atoms with Gasteiger partial charge in [0.1, 0.15) is 0 Å². The Bertz CT molecular complexity index is 159. The lowest BCUT2D eigenvalue weighted by Gasteiger charge is -2.08. The Morgan fingerprint density at radius 2 is 2.08 bits per heavy atom. The highest BCUT2D eigenvalue weighted by molar-refractivity contribution is 5.02. The van der Waals surface area contributed by atoms with Crippen LogP contribution >= 0.6 is 0 Å². The van der Waals surface area contributed by atoms with E-state index < -0.39 is 12.7 Å². The summed E-state index contributed by atoms with van der Waals surface area (Å²) in [5, 5.41) is 9.01. The number of halogens is 2. The van der Waals surface area contributed by atoms with Crippen molar-refractivity contribution in [3.05, 3.63) is 11.6 Å². The molecule has 0 spiro atoms. The topological polar surface area (TPSA) is 38.7 Å². The average Bonchev–Trinajstić information content (AvgIpc) is 2.04. The van der Waals surface area contributed by atoms with Crippen molar-refractivity contribution in [2.24, 2.45) is 0 Å². The summed E-state index contributed by atoms with van der Waals surface area (Å²) in [6.45, 7) is 1.72. The molecule has 3 nitrogen and oxygen atoms in total. The van der Waals surface area contributed by atoms with Crippen molar-refractivity contribution < 1.29 is 23.4 Å². The second-order valence-corrected chi connectivity index (χ2v) is 2.47. The highest BCUT2D eigenvalue weighted by atomic mass is 19.3. The fraction of sp³-hybridized carbons (Fsp3) is 0.750. The van der Waals surface area contributed by atoms with Gasteiger partial charge in [-0.2, -0.15) is 0 Å². The largest absolute Gasteiger partial charge is 0.382 e. The van der Waals surface area contributed by atoms with Crippen LogP contribution in [-0.4, -0.2) is 38.1 Å². The molecule has 1 atom stereocenters. The summed E-state index contributed by atoms with van der Waals surface area (Å²) in [4.78, 5) is 0. The molecule has 0 fully saturated rings. The number of ether oxygens (including phenoxy) is 2. The van der Waals surface area contributed by atoms with Gasteiger partial charge in [0, 0.05) is 7.11 Å². The van der Waals surface area contributed by atoms with Gasteiger partial charge in [-0.15, -0.1) is 0 Å². The molecule has 0 aromatic rings. The van der Waals surface area contributed by atoms with E-state index in [4.69, 9.17) is 9.84 Å². The molecule has 0 rings (SSSR count). The molecule has 0 aliphatic carbocycles. The normalized spacial score (nSPS) is 15.1. The van der Waals surface area contributed by atoms with Crippen molar-refractivity contribution in [2.75, 3.05) is 20.3 Å². The van der Waals surface area contributed by atoms with Crippen LogP contribution in [0.15, 0.2) is 11.6 Å². The lowest BCUT2D eigenvalue weighted by atomic mass is 10.3. The van der Waals surface area contributed by atoms with E-state index >= 15 is 0 Å². The number of hydrogen-bond acceptors (Lipinski definition) is 3. The molecule has 0 saturated heterocycles. The van der Waals surface area contributed by atoms with Gasteiger partial charge in [-0.25, -0.2) is 8.78 Å². The van der Waals surface area contributed by atoms with E-state index in [1.165, 1.54) is 14.0 Å². The van der Waals surface area contributed by atoms with Crippen molar-refractivity contribution in [1.29, 1.82) is 0 Å². The number of methoxy groups -OCH3 is 1. The lowest BCUT2D eigenvalue weighted by Crippen LogP contribution is -2.14. The summed E-state index contributed by atoms with van der Waals surface area (Å²) in [7, 11) is 1.48. The first-order chi connectivity index (χ1) is 6.07. The Labute approximate surface area is 76.0 Å². The zero-order valence-electron chi connectivity index (χ0n) is 7.67. The highest BCUT2D eigenvalue weighted by Gasteiger charge is 2.07. The van der Waals surface area contributed by atoms with Crippen molar-refractivity contribution >= 4 is 0 Å². The maximum Gasteiger partial charge on any atom is 0.259 e. The van der Waals surface area contributed by atoms with Crippen LogP contribution in [0.4, 0.5) is 8.78 Å². The standard InChI is InChI=1S/C8H14F2O3/c1-6(8(9)10)5-7(11)13-4-3-12-2/h5,7-8,11H,3-4H2,1-2H3/b6-5+. The Balaban J connectivity index is 3.71. The van der Waals surface area contributed by atoms with Gasteiger partial charge in [0.15, 0.2) is 6.29 Å². The molecule has 78 valence electrons. The molecule has 0 bridgehead atoms. The molecular formula is C8H14F2O3. The number of aliphatic hydroxyl groups excluding tert-OH is 1. The Morgan fingerprint density at radius 1 is 1.46 bits per heavy atom. The van der Waals surface area contributed by atoms with Crippen molar-refractivity contribution in [1.82, 2.24) is 0 Å². The van der Waals surface area contributed by atoms with E-state index in [0.717, 1.165) is 6.08 Å². The maximum absolute atomic E-state index is 11.9. The SMILES string of the molecule is COCCOC(O)/C=C(\C)C(F)F. The molecular weight excluding hydrogens is 182 g/mol. The smallest absolute Gasteiger partial charge is 0.259 e. The van der Waals surface area contributed by atoms with Crippen molar-refractivity contribution in [3.8, 4) is 0 Å². The Hall–Kier alpha value is -0.520. The summed E-state index contributed by atoms with van der Waals surface area (Å²) in [6, 6.07) is 0. The molecule has 0 saturated carbocycles. The lowest BCUT2D eigenvalue weighted by molar-refractivity contribution is -0.0782. The van der Waals surface area contributed by atoms with Crippen LogP contribution in [0, 0.1) is 0 Å². The molecule has 0 amide bonds. The molecule has 0 aliphatic heterocycles. The fourth-order valence-electron chi connectivity index (χ4n) is 0.598. The summed E-state index contributed by atoms with van der Waals surface area (Å²) < 4.78 is 33.2. The van der Waals surface area contributed by atoms with E-state index in [1.54, 1.807) is 0 Å². The van der Waals surface area contributed by atoms with E-state index in [-0.39, 0.29) is 12.2 Å². The van der Waals surface area contributed by atoms with E-state index in [2.05, 4.69) is 4.74 Å². The van der Waals surface area contributed by atoms with Crippen LogP contribution in [0.5, 0.6) is 0 Å². The third kappa shape index (κ3) is 6.62. The molecule has 13 heavy (non-hydrogen) atoms. The monoisotopic (exact) mass is 196 g/mol. The van der Waals surface area contributed by atoms with Crippen LogP contribution < -0.4 is 0 Å². The first-order valence-electron chi connectivity index (χ1n) is 3.83. The molecule has 1 N–H and O–H groups in total. The molecule has 5 heteroatoms. The fourth-order valence-corrected chi connectivity index (χ4v) is 0.598. The molecule has 0 aliphatic rings. The molecule has 1 unspecified atom stereocenters. The Kier molecular flexibility index (Phi) is 6.66. The van der Waals surface area contributed by atoms with Gasteiger partial charge >= 0.3 is 0 Å². The quantitative estimate of drug-likeness (QED) is 0.394. The third-order valence-corrected chi connectivity index (χ3v) is 1.33. The van der Waals surface area contributed by atoms with Gasteiger partial charge in [0.2, 0.25) is 0 Å². The van der Waals surface area contributed by atoms with Crippen LogP contribution in [-0.2, 0) is 9.47 Å². The summed E-state index contributed by atoms with van der Waals surface area (Å²) in [5.74, 6) is 0. The summed E-state index contributed by atoms with van der Waals surface area (Å²) in [5.41, 5.74) is -0.204. The molecule has 0 radical (unpaired) electrons. The van der Waals surface area contributed by atoms with Crippen molar-refractivity contribution in [3.63, 3.8) is 0 Å². The van der Waals surface area contributed by atoms with Gasteiger partial charge in [-0.3, -0.25) is 0 Å². The third-order valence-electron chi connectivity index (χ3n) is 1.33. The van der Waals surface area contributed by atoms with Crippen LogP contribution in [0.25, 0.3) is 0 Å². The van der Waals surface area contributed by atoms with Crippen LogP contribution in [0.2, 0.25) is 0 Å². The van der Waals surface area contributed by atoms with E-state index in [0.29, 0.717) is 6.61 Å². The van der Waals surface area contributed by atoms with Crippen LogP contribution in [0.1, 0.15) is 6.92 Å². The number of allylic oxidation sites excluding steroid dienone is 1. The Morgan fingerprint density at radius 3 is 2.54 bits per heavy atom. The molecule has 0 aromatic carbocycles. The van der Waals surface area contributed by atoms with Gasteiger partial charge in [-0.1, -0.05) is 0 Å². The van der Waals surface area contributed by atoms with Crippen LogP contribution in [0.3, 0.4) is 0 Å². The minimum absolute atomic E-state index is 0.171. The second kappa shape index (κ2) is 6.94. The number of hydrogen-bond donors (Lipinski definition) is 1. The highest BCUT2D eigenvalue weighted by Crippen LogP contribution is 2.08. The summed E-state index contributed by atoms with van der Waals surface area (Å²) in [6.07, 6.45) is -2.87. The first-order valence-corrected chi connectivity index (χ1v) is 3.83. The second-order valence-electron chi connectivity index (χ2n) is 2.47. The van der Waals surface area contributed by atoms with Gasteiger partial charge in [0.25, 0.3) is 6.43 Å². The van der Waals surface area contributed by atoms with Gasteiger partial charge in [-0.05, 0) is 18.6 Å².